The van der Waals surface area contributed by atoms with Crippen molar-refractivity contribution in [2.75, 3.05) is 0 Å². The van der Waals surface area contributed by atoms with Gasteiger partial charge in [0.25, 0.3) is 5.91 Å². The summed E-state index contributed by atoms with van der Waals surface area (Å²) in [4.78, 5) is 23.1. The SMILES string of the molecule is CC(NC(=O)c1ccn(COc2ccccc2[N+](=O)[O-])n1)C1CC2CCC1C2. The van der Waals surface area contributed by atoms with Crippen LogP contribution in [0.25, 0.3) is 0 Å². The number of rotatable bonds is 7. The summed E-state index contributed by atoms with van der Waals surface area (Å²) in [7, 11) is 0. The molecule has 1 aromatic carbocycles. The van der Waals surface area contributed by atoms with E-state index in [4.69, 9.17) is 4.74 Å². The van der Waals surface area contributed by atoms with Crippen LogP contribution in [0.5, 0.6) is 5.75 Å². The third-order valence-corrected chi connectivity index (χ3v) is 6.08. The number of hydrogen-bond acceptors (Lipinski definition) is 5. The van der Waals surface area contributed by atoms with Crippen molar-refractivity contribution >= 4 is 11.6 Å². The molecule has 1 N–H and O–H groups in total. The molecule has 0 spiro atoms. The van der Waals surface area contributed by atoms with Crippen LogP contribution >= 0.6 is 0 Å². The smallest absolute Gasteiger partial charge is 0.311 e. The number of ether oxygens (including phenoxy) is 1. The molecule has 4 rings (SSSR count). The molecule has 0 aliphatic heterocycles. The summed E-state index contributed by atoms with van der Waals surface area (Å²) in [6.45, 7) is 2.07. The molecule has 0 radical (unpaired) electrons. The van der Waals surface area contributed by atoms with Crippen LogP contribution in [-0.4, -0.2) is 26.7 Å². The largest absolute Gasteiger partial charge is 0.464 e. The van der Waals surface area contributed by atoms with Crippen LogP contribution in [0.3, 0.4) is 0 Å². The molecule has 1 amide bonds. The Kier molecular flexibility index (Phi) is 5.02. The lowest BCUT2D eigenvalue weighted by Crippen LogP contribution is -2.40. The van der Waals surface area contributed by atoms with Crippen LogP contribution in [0.4, 0.5) is 5.69 Å². The van der Waals surface area contributed by atoms with Gasteiger partial charge in [-0.25, -0.2) is 4.68 Å². The molecule has 4 atom stereocenters. The first-order chi connectivity index (χ1) is 13.5. The van der Waals surface area contributed by atoms with Crippen molar-refractivity contribution in [3.63, 3.8) is 0 Å². The number of hydrogen-bond donors (Lipinski definition) is 1. The number of benzene rings is 1. The topological polar surface area (TPSA) is 99.3 Å². The summed E-state index contributed by atoms with van der Waals surface area (Å²) < 4.78 is 6.95. The number of para-hydroxylation sites is 2. The van der Waals surface area contributed by atoms with Gasteiger partial charge in [-0.15, -0.1) is 0 Å². The fourth-order valence-corrected chi connectivity index (χ4v) is 4.71. The Morgan fingerprint density at radius 3 is 2.89 bits per heavy atom. The number of nitro benzene ring substituents is 1. The average Bonchev–Trinajstić information content (AvgIpc) is 3.43. The van der Waals surface area contributed by atoms with Gasteiger partial charge in [0.05, 0.1) is 4.92 Å². The molecule has 2 fully saturated rings. The van der Waals surface area contributed by atoms with Crippen molar-refractivity contribution in [1.82, 2.24) is 15.1 Å². The van der Waals surface area contributed by atoms with E-state index in [0.29, 0.717) is 11.6 Å². The molecule has 2 aliphatic carbocycles. The quantitative estimate of drug-likeness (QED) is 0.583. The van der Waals surface area contributed by atoms with Crippen molar-refractivity contribution in [3.8, 4) is 5.75 Å². The van der Waals surface area contributed by atoms with Crippen LogP contribution < -0.4 is 10.1 Å². The van der Waals surface area contributed by atoms with Crippen molar-refractivity contribution in [2.24, 2.45) is 17.8 Å². The summed E-state index contributed by atoms with van der Waals surface area (Å²) in [6.07, 6.45) is 6.78. The number of aromatic nitrogens is 2. The Bertz CT molecular complexity index is 881. The number of carbonyl (C=O) groups is 1. The van der Waals surface area contributed by atoms with Gasteiger partial charge in [0.15, 0.2) is 12.5 Å². The first-order valence-corrected chi connectivity index (χ1v) is 9.72. The van der Waals surface area contributed by atoms with Gasteiger partial charge >= 0.3 is 5.69 Å². The lowest BCUT2D eigenvalue weighted by Gasteiger charge is -2.28. The first-order valence-electron chi connectivity index (χ1n) is 9.72. The van der Waals surface area contributed by atoms with Crippen LogP contribution in [0, 0.1) is 27.9 Å². The number of nitrogens with one attached hydrogen (secondary N) is 1. The number of nitrogens with zero attached hydrogens (tertiary/aromatic N) is 3. The van der Waals surface area contributed by atoms with E-state index in [1.165, 1.54) is 42.5 Å². The second-order valence-corrected chi connectivity index (χ2v) is 7.84. The summed E-state index contributed by atoms with van der Waals surface area (Å²) in [6, 6.07) is 7.93. The van der Waals surface area contributed by atoms with E-state index in [1.54, 1.807) is 24.4 Å². The van der Waals surface area contributed by atoms with Gasteiger partial charge in [0.1, 0.15) is 5.69 Å². The minimum Gasteiger partial charge on any atom is -0.464 e. The highest BCUT2D eigenvalue weighted by atomic mass is 16.6. The molecule has 4 unspecified atom stereocenters. The predicted octanol–water partition coefficient (Wildman–Crippen LogP) is 3.38. The monoisotopic (exact) mass is 384 g/mol. The zero-order valence-electron chi connectivity index (χ0n) is 15.8. The Morgan fingerprint density at radius 1 is 1.36 bits per heavy atom. The Hall–Kier alpha value is -2.90. The molecule has 1 aromatic heterocycles. The number of carbonyl (C=O) groups excluding carboxylic acids is 1. The molecule has 0 saturated heterocycles. The van der Waals surface area contributed by atoms with Gasteiger partial charge < -0.3 is 10.1 Å². The molecule has 2 aromatic rings. The number of fused-ring (bicyclic) bond motifs is 2. The third-order valence-electron chi connectivity index (χ3n) is 6.08. The van der Waals surface area contributed by atoms with E-state index in [1.807, 2.05) is 0 Å². The van der Waals surface area contributed by atoms with E-state index in [9.17, 15) is 14.9 Å². The summed E-state index contributed by atoms with van der Waals surface area (Å²) in [5, 5.41) is 18.4. The molecule has 8 heteroatoms. The lowest BCUT2D eigenvalue weighted by atomic mass is 9.84. The van der Waals surface area contributed by atoms with Gasteiger partial charge in [-0.05, 0) is 56.1 Å². The normalized spacial score (nSPS) is 24.1. The van der Waals surface area contributed by atoms with Gasteiger partial charge in [-0.3, -0.25) is 14.9 Å². The van der Waals surface area contributed by atoms with Gasteiger partial charge in [-0.1, -0.05) is 18.6 Å². The average molecular weight is 384 g/mol. The maximum Gasteiger partial charge on any atom is 0.311 e. The minimum absolute atomic E-state index is 0.0138. The molecule has 2 saturated carbocycles. The molecule has 2 aliphatic rings. The Balaban J connectivity index is 1.34. The molecular weight excluding hydrogens is 360 g/mol. The standard InChI is InChI=1S/C20H24N4O4/c1-13(16-11-14-6-7-15(16)10-14)21-20(25)17-8-9-23(22-17)12-28-19-5-3-2-4-18(19)24(26)27/h2-5,8-9,13-16H,6-7,10-12H2,1H3,(H,21,25). The maximum atomic E-state index is 12.5. The van der Waals surface area contributed by atoms with E-state index in [-0.39, 0.29) is 30.1 Å². The fraction of sp³-hybridized carbons (Fsp3) is 0.500. The van der Waals surface area contributed by atoms with E-state index >= 15 is 0 Å². The summed E-state index contributed by atoms with van der Waals surface area (Å²) >= 11 is 0. The minimum atomic E-state index is -0.492. The molecule has 2 bridgehead atoms. The van der Waals surface area contributed by atoms with E-state index in [2.05, 4.69) is 17.3 Å². The second-order valence-electron chi connectivity index (χ2n) is 7.84. The molecule has 148 valence electrons. The van der Waals surface area contributed by atoms with Crippen LogP contribution in [0.15, 0.2) is 36.5 Å². The fourth-order valence-electron chi connectivity index (χ4n) is 4.71. The first kappa shape index (κ1) is 18.5. The van der Waals surface area contributed by atoms with E-state index < -0.39 is 4.92 Å². The molecular formula is C20H24N4O4. The van der Waals surface area contributed by atoms with E-state index in [0.717, 1.165) is 11.8 Å². The van der Waals surface area contributed by atoms with Gasteiger partial charge in [-0.2, -0.15) is 5.10 Å². The summed E-state index contributed by atoms with van der Waals surface area (Å²) in [5.74, 6) is 2.12. The third kappa shape index (κ3) is 3.72. The lowest BCUT2D eigenvalue weighted by molar-refractivity contribution is -0.386. The van der Waals surface area contributed by atoms with Gasteiger partial charge in [0, 0.05) is 18.3 Å². The van der Waals surface area contributed by atoms with Crippen molar-refractivity contribution < 1.29 is 14.5 Å². The highest BCUT2D eigenvalue weighted by molar-refractivity contribution is 5.92. The number of amides is 1. The predicted molar refractivity (Wildman–Crippen MR) is 102 cm³/mol. The van der Waals surface area contributed by atoms with Crippen LogP contribution in [0.2, 0.25) is 0 Å². The molecule has 28 heavy (non-hydrogen) atoms. The Morgan fingerprint density at radius 2 is 2.18 bits per heavy atom. The zero-order valence-corrected chi connectivity index (χ0v) is 15.8. The highest BCUT2D eigenvalue weighted by Crippen LogP contribution is 2.49. The molecule has 1 heterocycles. The zero-order chi connectivity index (χ0) is 19.7. The van der Waals surface area contributed by atoms with Crippen LogP contribution in [-0.2, 0) is 6.73 Å². The maximum absolute atomic E-state index is 12.5. The molecule has 8 nitrogen and oxygen atoms in total. The van der Waals surface area contributed by atoms with Crippen molar-refractivity contribution in [3.05, 3.63) is 52.3 Å². The van der Waals surface area contributed by atoms with Crippen LogP contribution in [0.1, 0.15) is 43.1 Å². The highest BCUT2D eigenvalue weighted by Gasteiger charge is 2.42. The second kappa shape index (κ2) is 7.61. The number of nitro groups is 1. The Labute approximate surface area is 163 Å². The summed E-state index contributed by atoms with van der Waals surface area (Å²) in [5.41, 5.74) is 0.216. The van der Waals surface area contributed by atoms with Crippen molar-refractivity contribution in [2.45, 2.75) is 45.4 Å². The van der Waals surface area contributed by atoms with Crippen molar-refractivity contribution in [1.29, 1.82) is 0 Å². The van der Waals surface area contributed by atoms with Gasteiger partial charge in [0.2, 0.25) is 0 Å².